The molecule has 2 saturated heterocycles. The molecule has 2 aliphatic rings. The molecule has 0 spiro atoms. The van der Waals surface area contributed by atoms with Gasteiger partial charge in [0.1, 0.15) is 41.9 Å². The largest absolute Gasteiger partial charge is 3.00 e. The molecule has 444 valence electrons. The summed E-state index contributed by atoms with van der Waals surface area (Å²) in [5, 5.41) is 0. The summed E-state index contributed by atoms with van der Waals surface area (Å²) in [5.41, 5.74) is 31.2. The predicted octanol–water partition coefficient (Wildman–Crippen LogP) is 8.72. The van der Waals surface area contributed by atoms with Crippen LogP contribution in [0.4, 0.5) is 0 Å². The van der Waals surface area contributed by atoms with E-state index < -0.39 is 0 Å². The first-order valence-electron chi connectivity index (χ1n) is 29.3. The second kappa shape index (κ2) is 78.7. The van der Waals surface area contributed by atoms with Gasteiger partial charge in [0.05, 0.1) is 19.7 Å². The molecule has 0 aliphatic carbocycles. The molecule has 0 aromatic heterocycles. The van der Waals surface area contributed by atoms with E-state index >= 15 is 0 Å². The Balaban J connectivity index is -0.000000122. The van der Waals surface area contributed by atoms with Crippen LogP contribution in [0.2, 0.25) is 0 Å². The van der Waals surface area contributed by atoms with E-state index in [0.717, 1.165) is 206 Å². The molecule has 0 aromatic rings. The van der Waals surface area contributed by atoms with Crippen molar-refractivity contribution in [2.24, 2.45) is 34.4 Å². The standard InChI is InChI=1S/C11H22N2O2.2C10H20NO.C7H14N2O2.2C6H12NO.2C4H9.2Y/c1-13-8-5-6-10(13)11(14)15-9-4-2-3-7-12;2*1-2-3-7-10(12)8-5-4-6-9-11;1-9-4-2-3-6(9)7(10)11-5-8;2*1-2-3-4-6(8)5-7;2*1-3-4-2;;/h10H,2-9,12H2,1H3;2*1-9,11H2;6H,2-5,8H2,1H3;2*1-5,7H2;2*1,3-4H2,2H3;;/q;2*-1;;4*-1;2*+3/t10-;;;6-;;;;;;/m0..0....../s1/i;;;;;;2*2D;;. The quantitative estimate of drug-likeness (QED) is 0.0152. The molecule has 0 saturated carbocycles. The molecule has 0 bridgehead atoms. The first-order chi connectivity index (χ1) is 36.6. The third kappa shape index (κ3) is 75.6. The van der Waals surface area contributed by atoms with E-state index in [9.17, 15) is 28.8 Å². The fourth-order valence-electron chi connectivity index (χ4n) is 6.32. The fourth-order valence-corrected chi connectivity index (χ4v) is 6.32. The van der Waals surface area contributed by atoms with Gasteiger partial charge in [-0.25, -0.2) is 0 Å². The Labute approximate surface area is 521 Å². The maximum absolute atomic E-state index is 11.6. The molecule has 18 heteroatoms. The van der Waals surface area contributed by atoms with Crippen LogP contribution in [0.1, 0.15) is 216 Å². The van der Waals surface area contributed by atoms with Crippen molar-refractivity contribution in [3.8, 4) is 0 Å². The Hall–Kier alpha value is -0.492. The van der Waals surface area contributed by atoms with Gasteiger partial charge in [0.15, 0.2) is 0 Å². The number of esters is 2. The van der Waals surface area contributed by atoms with Gasteiger partial charge in [0.25, 0.3) is 0 Å². The smallest absolute Gasteiger partial charge is 0.465 e. The summed E-state index contributed by atoms with van der Waals surface area (Å²) in [7, 11) is 3.91. The van der Waals surface area contributed by atoms with Crippen LogP contribution in [0.3, 0.4) is 0 Å². The van der Waals surface area contributed by atoms with Crippen LogP contribution in [0, 0.1) is 41.5 Å². The number of likely N-dealkylation sites (N-methyl/N-ethyl adjacent to an activating group) is 2. The number of rotatable bonds is 34. The average molecular weight is 1240 g/mol. The van der Waals surface area contributed by atoms with E-state index in [2.05, 4.69) is 46.4 Å². The SMILES string of the molecule is CN1CCC[C@H]1C(=O)OCCCCCN.CN1CCC[C@H]1C(=O)OCN.[2H]CCC[CH2-].[2H]CCC[CH2-].[CH2-]CCCC(=O)CCCCCN.[CH2-]CCCC(=O)CCCCCN.[CH2-]CCCC(=O)CN.[CH2-]CCCC(=O)CN.[Y+3].[Y+3]. The van der Waals surface area contributed by atoms with Crippen molar-refractivity contribution in [2.75, 3.05) is 73.2 Å². The monoisotopic (exact) mass is 1230 g/mol. The zero-order valence-corrected chi connectivity index (χ0v) is 54.6. The molecule has 16 nitrogen and oxygen atoms in total. The van der Waals surface area contributed by atoms with Gasteiger partial charge in [0.2, 0.25) is 0 Å². The molecule has 2 heterocycles. The number of carbonyl (C=O) groups is 6. The molecule has 2 atom stereocenters. The maximum atomic E-state index is 11.6. The van der Waals surface area contributed by atoms with Crippen molar-refractivity contribution in [2.45, 2.75) is 225 Å². The molecule has 2 rings (SSSR count). The second-order valence-corrected chi connectivity index (χ2v) is 17.9. The number of ether oxygens (including phenoxy) is 2. The average Bonchev–Trinajstić information content (AvgIpc) is 4.07. The van der Waals surface area contributed by atoms with Crippen LogP contribution >= 0.6 is 0 Å². The summed E-state index contributed by atoms with van der Waals surface area (Å²) in [5.74, 6) is 0.795. The maximum Gasteiger partial charge on any atom is 3.00 e. The molecule has 76 heavy (non-hydrogen) atoms. The molecule has 0 radical (unpaired) electrons. The van der Waals surface area contributed by atoms with Crippen molar-refractivity contribution in [1.82, 2.24) is 9.80 Å². The summed E-state index contributed by atoms with van der Waals surface area (Å²) in [6.07, 6.45) is 28.1. The van der Waals surface area contributed by atoms with Crippen molar-refractivity contribution in [1.29, 1.82) is 0 Å². The van der Waals surface area contributed by atoms with Crippen LogP contribution in [0.15, 0.2) is 0 Å². The molecule has 12 N–H and O–H groups in total. The number of unbranched alkanes of at least 4 members (excludes halogenated alkanes) is 12. The van der Waals surface area contributed by atoms with E-state index in [0.29, 0.717) is 57.7 Å². The van der Waals surface area contributed by atoms with E-state index in [1.54, 1.807) is 0 Å². The second-order valence-electron chi connectivity index (χ2n) is 17.9. The van der Waals surface area contributed by atoms with E-state index in [1.807, 2.05) is 19.0 Å². The molecule has 0 unspecified atom stereocenters. The summed E-state index contributed by atoms with van der Waals surface area (Å²) < 4.78 is 23.0. The van der Waals surface area contributed by atoms with Crippen LogP contribution in [0.25, 0.3) is 0 Å². The van der Waals surface area contributed by atoms with Gasteiger partial charge >= 0.3 is 77.4 Å². The number of likely N-dealkylation sites (tertiary alicyclic amines) is 2. The Morgan fingerprint density at radius 2 is 0.763 bits per heavy atom. The van der Waals surface area contributed by atoms with Crippen molar-refractivity contribution < 1.29 is 106 Å². The first-order valence-corrected chi connectivity index (χ1v) is 27.9. The van der Waals surface area contributed by atoms with E-state index in [1.165, 1.54) is 0 Å². The molecule has 2 aliphatic heterocycles. The van der Waals surface area contributed by atoms with Crippen molar-refractivity contribution >= 4 is 35.1 Å². The molecular weight excluding hydrogens is 1110 g/mol. The van der Waals surface area contributed by atoms with Gasteiger partial charge in [-0.2, -0.15) is 38.5 Å². The van der Waals surface area contributed by atoms with E-state index in [-0.39, 0.29) is 121 Å². The minimum Gasteiger partial charge on any atom is -0.465 e. The molecule has 0 amide bonds. The molecular formula is C58H118N8O8Y2. The van der Waals surface area contributed by atoms with Crippen LogP contribution in [0.5, 0.6) is 0 Å². The normalized spacial score (nSPS) is 14.3. The number of nitrogens with two attached hydrogens (primary N) is 6. The number of nitrogens with zero attached hydrogens (tertiary/aromatic N) is 2. The van der Waals surface area contributed by atoms with Gasteiger partial charge in [0, 0.05) is 41.3 Å². The van der Waals surface area contributed by atoms with Gasteiger partial charge in [-0.1, -0.05) is 65.2 Å². The summed E-state index contributed by atoms with van der Waals surface area (Å²) in [6, 6.07) is -0.0574. The zero-order chi connectivity index (χ0) is 58.9. The predicted molar refractivity (Wildman–Crippen MR) is 311 cm³/mol. The number of carbonyl (C=O) groups excluding carboxylic acids is 6. The topological polar surface area (TPSA) is 283 Å². The Morgan fingerprint density at radius 3 is 1.01 bits per heavy atom. The Bertz CT molecular complexity index is 1220. The van der Waals surface area contributed by atoms with Gasteiger partial charge in [-0.3, -0.25) is 44.3 Å². The van der Waals surface area contributed by atoms with Crippen LogP contribution in [-0.4, -0.2) is 130 Å². The van der Waals surface area contributed by atoms with Crippen molar-refractivity contribution in [3.63, 3.8) is 0 Å². The minimum atomic E-state index is -0.187. The fraction of sp³-hybridized carbons (Fsp3) is 0.793. The van der Waals surface area contributed by atoms with Gasteiger partial charge in [-0.15, -0.1) is 0 Å². The van der Waals surface area contributed by atoms with Gasteiger partial charge in [-0.05, 0) is 117 Å². The molecule has 2 fully saturated rings. The van der Waals surface area contributed by atoms with Gasteiger partial charge < -0.3 is 79.7 Å². The van der Waals surface area contributed by atoms with Crippen LogP contribution < -0.4 is 34.4 Å². The van der Waals surface area contributed by atoms with Crippen molar-refractivity contribution in [3.05, 3.63) is 41.5 Å². The number of ketones is 4. The summed E-state index contributed by atoms with van der Waals surface area (Å²) in [6.45, 7) is 27.9. The summed E-state index contributed by atoms with van der Waals surface area (Å²) in [4.78, 5) is 69.8. The van der Waals surface area contributed by atoms with Crippen LogP contribution in [-0.2, 0) is 104 Å². The van der Waals surface area contributed by atoms with E-state index in [4.69, 9.17) is 46.6 Å². The number of hydrogen-bond donors (Lipinski definition) is 6. The molecule has 0 aromatic carbocycles. The zero-order valence-electron chi connectivity index (χ0n) is 50.9. The Morgan fingerprint density at radius 1 is 0.447 bits per heavy atom. The first kappa shape index (κ1) is 86.8. The number of Topliss-reactive ketones (excluding diaryl/α,β-unsaturated/α-hetero) is 4. The third-order valence-corrected chi connectivity index (χ3v) is 11.0. The number of hydrogen-bond acceptors (Lipinski definition) is 16. The minimum absolute atomic E-state index is 0. The third-order valence-electron chi connectivity index (χ3n) is 11.0. The summed E-state index contributed by atoms with van der Waals surface area (Å²) >= 11 is 0. The Kier molecular flexibility index (Phi) is 89.9.